The van der Waals surface area contributed by atoms with Crippen LogP contribution in [0.4, 0.5) is 0 Å². The summed E-state index contributed by atoms with van der Waals surface area (Å²) in [5.74, 6) is 1.39. The highest BCUT2D eigenvalue weighted by Crippen LogP contribution is 2.27. The molecule has 0 radical (unpaired) electrons. The number of benzene rings is 2. The first-order valence-electron chi connectivity index (χ1n) is 9.54. The molecule has 1 N–H and O–H groups in total. The number of hydrogen-bond acceptors (Lipinski definition) is 5. The average molecular weight is 388 g/mol. The quantitative estimate of drug-likeness (QED) is 0.583. The normalized spacial score (nSPS) is 14.4. The highest BCUT2D eigenvalue weighted by molar-refractivity contribution is 5.98. The minimum absolute atomic E-state index is 0.0138. The number of imidazole rings is 1. The zero-order chi connectivity index (χ0) is 19.8. The number of H-pyrrole nitrogens is 1. The molecule has 1 amide bonds. The van der Waals surface area contributed by atoms with Gasteiger partial charge >= 0.3 is 0 Å². The molecule has 0 spiro atoms. The van der Waals surface area contributed by atoms with Gasteiger partial charge in [0.15, 0.2) is 5.82 Å². The van der Waals surface area contributed by atoms with Crippen molar-refractivity contribution in [3.8, 4) is 17.3 Å². The Labute approximate surface area is 167 Å². The first kappa shape index (κ1) is 17.6. The number of aromatic nitrogens is 3. The smallest absolute Gasteiger partial charge is 0.254 e. The van der Waals surface area contributed by atoms with Crippen molar-refractivity contribution in [3.05, 3.63) is 54.1 Å². The van der Waals surface area contributed by atoms with Crippen LogP contribution >= 0.6 is 0 Å². The van der Waals surface area contributed by atoms with E-state index in [1.165, 1.54) is 0 Å². The molecule has 0 aliphatic carbocycles. The fourth-order valence-electron chi connectivity index (χ4n) is 3.63. The summed E-state index contributed by atoms with van der Waals surface area (Å²) in [5, 5.41) is 1.00. The number of morpholine rings is 1. The van der Waals surface area contributed by atoms with Crippen LogP contribution in [0.15, 0.2) is 48.5 Å². The highest BCUT2D eigenvalue weighted by atomic mass is 16.5. The van der Waals surface area contributed by atoms with E-state index in [-0.39, 0.29) is 5.91 Å². The Bertz CT molecular complexity index is 1210. The van der Waals surface area contributed by atoms with Crippen molar-refractivity contribution in [2.24, 2.45) is 0 Å². The molecule has 4 aromatic rings. The molecule has 1 aliphatic heterocycles. The average Bonchev–Trinajstić information content (AvgIpc) is 3.22. The van der Waals surface area contributed by atoms with Crippen LogP contribution in [0.5, 0.6) is 5.75 Å². The molecule has 29 heavy (non-hydrogen) atoms. The number of methoxy groups -OCH3 is 1. The van der Waals surface area contributed by atoms with Crippen LogP contribution < -0.4 is 4.74 Å². The van der Waals surface area contributed by atoms with Gasteiger partial charge in [-0.1, -0.05) is 18.2 Å². The van der Waals surface area contributed by atoms with Crippen LogP contribution in [0.1, 0.15) is 10.4 Å². The van der Waals surface area contributed by atoms with E-state index in [1.54, 1.807) is 7.11 Å². The van der Waals surface area contributed by atoms with Gasteiger partial charge in [0.05, 0.1) is 31.4 Å². The molecule has 0 bridgehead atoms. The molecule has 0 saturated carbocycles. The van der Waals surface area contributed by atoms with Gasteiger partial charge in [0.2, 0.25) is 0 Å². The summed E-state index contributed by atoms with van der Waals surface area (Å²) >= 11 is 0. The predicted molar refractivity (Wildman–Crippen MR) is 110 cm³/mol. The number of ether oxygens (including phenoxy) is 2. The fraction of sp³-hybridized carbons (Fsp3) is 0.227. The molecule has 0 unspecified atom stereocenters. The lowest BCUT2D eigenvalue weighted by Gasteiger charge is -2.26. The maximum atomic E-state index is 12.7. The van der Waals surface area contributed by atoms with E-state index in [2.05, 4.69) is 9.97 Å². The zero-order valence-electron chi connectivity index (χ0n) is 16.0. The second-order valence-electron chi connectivity index (χ2n) is 6.95. The van der Waals surface area contributed by atoms with Crippen LogP contribution in [0.3, 0.4) is 0 Å². The van der Waals surface area contributed by atoms with Crippen molar-refractivity contribution < 1.29 is 14.3 Å². The Morgan fingerprint density at radius 2 is 1.97 bits per heavy atom. The summed E-state index contributed by atoms with van der Waals surface area (Å²) in [5.41, 5.74) is 3.75. The number of nitrogens with one attached hydrogen (secondary N) is 1. The number of carbonyl (C=O) groups is 1. The minimum atomic E-state index is 0.0138. The van der Waals surface area contributed by atoms with Gasteiger partial charge in [-0.2, -0.15) is 0 Å². The van der Waals surface area contributed by atoms with Gasteiger partial charge in [0.1, 0.15) is 17.0 Å². The van der Waals surface area contributed by atoms with E-state index in [0.717, 1.165) is 33.4 Å². The third kappa shape index (κ3) is 3.19. The third-order valence-corrected chi connectivity index (χ3v) is 5.17. The topological polar surface area (TPSA) is 80.3 Å². The Morgan fingerprint density at radius 1 is 1.10 bits per heavy atom. The fourth-order valence-corrected chi connectivity index (χ4v) is 3.63. The lowest BCUT2D eigenvalue weighted by molar-refractivity contribution is 0.0303. The predicted octanol–water partition coefficient (Wildman–Crippen LogP) is 3.26. The summed E-state index contributed by atoms with van der Waals surface area (Å²) in [6, 6.07) is 15.3. The molecule has 1 aliphatic rings. The van der Waals surface area contributed by atoms with Gasteiger partial charge in [0.25, 0.3) is 5.91 Å². The maximum absolute atomic E-state index is 12.7. The zero-order valence-corrected chi connectivity index (χ0v) is 16.0. The van der Waals surface area contributed by atoms with E-state index in [9.17, 15) is 4.79 Å². The lowest BCUT2D eigenvalue weighted by Crippen LogP contribution is -2.40. The Balaban J connectivity index is 1.51. The van der Waals surface area contributed by atoms with Gasteiger partial charge in [-0.15, -0.1) is 0 Å². The molecule has 1 saturated heterocycles. The number of hydrogen-bond donors (Lipinski definition) is 1. The van der Waals surface area contributed by atoms with Crippen LogP contribution in [-0.2, 0) is 4.74 Å². The molecule has 7 heteroatoms. The van der Waals surface area contributed by atoms with Crippen LogP contribution in [0.2, 0.25) is 0 Å². The van der Waals surface area contributed by atoms with E-state index in [1.807, 2.05) is 53.4 Å². The van der Waals surface area contributed by atoms with Gasteiger partial charge < -0.3 is 19.4 Å². The Kier molecular flexibility index (Phi) is 4.37. The van der Waals surface area contributed by atoms with Crippen molar-refractivity contribution in [2.75, 3.05) is 33.4 Å². The van der Waals surface area contributed by atoms with E-state index in [0.29, 0.717) is 37.7 Å². The summed E-state index contributed by atoms with van der Waals surface area (Å²) in [7, 11) is 1.64. The van der Waals surface area contributed by atoms with Gasteiger partial charge in [0, 0.05) is 24.0 Å². The molecule has 3 heterocycles. The number of para-hydroxylation sites is 1. The molecule has 146 valence electrons. The minimum Gasteiger partial charge on any atom is -0.494 e. The molecule has 2 aromatic heterocycles. The summed E-state index contributed by atoms with van der Waals surface area (Å²) in [6.45, 7) is 2.40. The SMILES string of the molecule is COc1cccc2ccc(-c3nc4ccc(C(=O)N5CCOCC5)cc4[nH]3)nc12. The Morgan fingerprint density at radius 3 is 2.79 bits per heavy atom. The molecule has 1 fully saturated rings. The summed E-state index contributed by atoms with van der Waals surface area (Å²) < 4.78 is 10.8. The van der Waals surface area contributed by atoms with Gasteiger partial charge in [-0.25, -0.2) is 9.97 Å². The first-order valence-corrected chi connectivity index (χ1v) is 9.54. The number of fused-ring (bicyclic) bond motifs is 2. The number of pyridine rings is 1. The number of carbonyl (C=O) groups excluding carboxylic acids is 1. The van der Waals surface area contributed by atoms with Crippen LogP contribution in [0, 0.1) is 0 Å². The van der Waals surface area contributed by atoms with Crippen molar-refractivity contribution in [3.63, 3.8) is 0 Å². The second kappa shape index (κ2) is 7.18. The maximum Gasteiger partial charge on any atom is 0.254 e. The van der Waals surface area contributed by atoms with Crippen LogP contribution in [0.25, 0.3) is 33.5 Å². The second-order valence-corrected chi connectivity index (χ2v) is 6.95. The van der Waals surface area contributed by atoms with Crippen molar-refractivity contribution in [1.82, 2.24) is 19.9 Å². The summed E-state index contributed by atoms with van der Waals surface area (Å²) in [6.07, 6.45) is 0. The van der Waals surface area contributed by atoms with E-state index < -0.39 is 0 Å². The molecular formula is C22H20N4O3. The van der Waals surface area contributed by atoms with E-state index in [4.69, 9.17) is 14.5 Å². The number of amides is 1. The third-order valence-electron chi connectivity index (χ3n) is 5.17. The summed E-state index contributed by atoms with van der Waals surface area (Å²) in [4.78, 5) is 27.3. The van der Waals surface area contributed by atoms with Crippen molar-refractivity contribution in [2.45, 2.75) is 0 Å². The van der Waals surface area contributed by atoms with Crippen molar-refractivity contribution in [1.29, 1.82) is 0 Å². The Hall–Kier alpha value is -3.45. The first-order chi connectivity index (χ1) is 14.2. The van der Waals surface area contributed by atoms with E-state index >= 15 is 0 Å². The number of nitrogens with zero attached hydrogens (tertiary/aromatic N) is 3. The molecule has 7 nitrogen and oxygen atoms in total. The van der Waals surface area contributed by atoms with Crippen LogP contribution in [-0.4, -0.2) is 59.2 Å². The van der Waals surface area contributed by atoms with Gasteiger partial charge in [-0.3, -0.25) is 4.79 Å². The lowest BCUT2D eigenvalue weighted by atomic mass is 10.1. The molecule has 0 atom stereocenters. The number of aromatic amines is 1. The molecule has 2 aromatic carbocycles. The molecular weight excluding hydrogens is 368 g/mol. The molecule has 5 rings (SSSR count). The van der Waals surface area contributed by atoms with Gasteiger partial charge in [-0.05, 0) is 30.3 Å². The van der Waals surface area contributed by atoms with Crippen molar-refractivity contribution >= 4 is 27.8 Å². The highest BCUT2D eigenvalue weighted by Gasteiger charge is 2.19. The standard InChI is InChI=1S/C22H20N4O3/c1-28-19-4-2-3-14-5-8-17(23-20(14)19)21-24-16-7-6-15(13-18(16)25-21)22(27)26-9-11-29-12-10-26/h2-8,13H,9-12H2,1H3,(H,24,25). The number of rotatable bonds is 3. The largest absolute Gasteiger partial charge is 0.494 e. The monoisotopic (exact) mass is 388 g/mol.